The van der Waals surface area contributed by atoms with E-state index in [1.807, 2.05) is 0 Å². The van der Waals surface area contributed by atoms with Crippen molar-refractivity contribution >= 4 is 11.9 Å². The normalized spacial score (nSPS) is 14.7. The van der Waals surface area contributed by atoms with E-state index in [0.717, 1.165) is 0 Å². The molecule has 28 heavy (non-hydrogen) atoms. The van der Waals surface area contributed by atoms with Gasteiger partial charge in [-0.2, -0.15) is 0 Å². The highest BCUT2D eigenvalue weighted by atomic mass is 16.4. The molecule has 0 unspecified atom stereocenters. The number of phenolic OH excluding ortho intramolecular Hbond substituents is 2. The molecule has 3 aromatic carbocycles. The summed E-state index contributed by atoms with van der Waals surface area (Å²) in [5.74, 6) is -1.40. The number of rotatable bonds is 4. The number of aromatic hydroxyl groups is 2. The first-order valence-electron chi connectivity index (χ1n) is 8.67. The molecule has 1 amide bonds. The number of carboxylic acid groups (broad SMARTS) is 1. The van der Waals surface area contributed by atoms with Crippen molar-refractivity contribution in [2.24, 2.45) is 0 Å². The van der Waals surface area contributed by atoms with Gasteiger partial charge in [-0.25, -0.2) is 0 Å². The summed E-state index contributed by atoms with van der Waals surface area (Å²) in [6, 6.07) is 19.7. The van der Waals surface area contributed by atoms with Crippen molar-refractivity contribution in [3.05, 3.63) is 95.1 Å². The predicted octanol–water partition coefficient (Wildman–Crippen LogP) is 2.93. The first-order valence-corrected chi connectivity index (χ1v) is 8.67. The Balaban J connectivity index is 2.09. The van der Waals surface area contributed by atoms with Gasteiger partial charge in [-0.1, -0.05) is 42.5 Å². The standard InChI is InChI=1S/C22H17NO5/c24-16-9-5-14(6-10-16)22(15-7-11-17(25)12-8-15)19-4-2-1-3-18(19)21(28)23(22)13-20(26)27/h1-12,24-25H,13H2,(H,26,27). The highest BCUT2D eigenvalue weighted by Crippen LogP contribution is 2.49. The van der Waals surface area contributed by atoms with Crippen LogP contribution < -0.4 is 0 Å². The summed E-state index contributed by atoms with van der Waals surface area (Å²) in [7, 11) is 0. The second-order valence-electron chi connectivity index (χ2n) is 6.63. The van der Waals surface area contributed by atoms with Crippen molar-refractivity contribution in [1.29, 1.82) is 0 Å². The Labute approximate surface area is 160 Å². The van der Waals surface area contributed by atoms with Crippen LogP contribution in [0.5, 0.6) is 11.5 Å². The molecule has 0 fully saturated rings. The fourth-order valence-corrected chi connectivity index (χ4v) is 3.95. The highest BCUT2D eigenvalue weighted by molar-refractivity contribution is 6.03. The maximum atomic E-state index is 13.2. The Morgan fingerprint density at radius 2 is 1.32 bits per heavy atom. The van der Waals surface area contributed by atoms with Crippen LogP contribution in [0, 0.1) is 0 Å². The van der Waals surface area contributed by atoms with Gasteiger partial charge in [-0.05, 0) is 47.0 Å². The quantitative estimate of drug-likeness (QED) is 0.651. The number of fused-ring (bicyclic) bond motifs is 1. The summed E-state index contributed by atoms with van der Waals surface area (Å²) >= 11 is 0. The zero-order chi connectivity index (χ0) is 19.9. The molecule has 0 spiro atoms. The van der Waals surface area contributed by atoms with E-state index < -0.39 is 18.1 Å². The van der Waals surface area contributed by atoms with Crippen LogP contribution in [0.2, 0.25) is 0 Å². The van der Waals surface area contributed by atoms with Gasteiger partial charge in [0.25, 0.3) is 5.91 Å². The molecular weight excluding hydrogens is 358 g/mol. The molecule has 0 saturated heterocycles. The molecular formula is C22H17NO5. The zero-order valence-electron chi connectivity index (χ0n) is 14.7. The lowest BCUT2D eigenvalue weighted by Crippen LogP contribution is -2.48. The largest absolute Gasteiger partial charge is 0.508 e. The monoisotopic (exact) mass is 375 g/mol. The average Bonchev–Trinajstić information content (AvgIpc) is 2.93. The number of amides is 1. The number of nitrogens with zero attached hydrogens (tertiary/aromatic N) is 1. The predicted molar refractivity (Wildman–Crippen MR) is 101 cm³/mol. The van der Waals surface area contributed by atoms with Crippen LogP contribution in [0.25, 0.3) is 0 Å². The number of hydrogen-bond acceptors (Lipinski definition) is 4. The maximum absolute atomic E-state index is 13.2. The van der Waals surface area contributed by atoms with Crippen molar-refractivity contribution in [2.45, 2.75) is 5.54 Å². The number of carboxylic acids is 1. The molecule has 0 bridgehead atoms. The van der Waals surface area contributed by atoms with E-state index in [1.165, 1.54) is 29.2 Å². The number of hydrogen-bond donors (Lipinski definition) is 3. The molecule has 3 N–H and O–H groups in total. The van der Waals surface area contributed by atoms with E-state index >= 15 is 0 Å². The Bertz CT molecular complexity index is 1010. The smallest absolute Gasteiger partial charge is 0.323 e. The van der Waals surface area contributed by atoms with Crippen LogP contribution >= 0.6 is 0 Å². The van der Waals surface area contributed by atoms with Crippen LogP contribution in [-0.4, -0.2) is 38.6 Å². The topological polar surface area (TPSA) is 98.1 Å². The summed E-state index contributed by atoms with van der Waals surface area (Å²) in [5.41, 5.74) is 1.14. The molecule has 0 aromatic heterocycles. The van der Waals surface area contributed by atoms with Gasteiger partial charge < -0.3 is 20.2 Å². The van der Waals surface area contributed by atoms with Crippen molar-refractivity contribution in [3.63, 3.8) is 0 Å². The van der Waals surface area contributed by atoms with Gasteiger partial charge >= 0.3 is 5.97 Å². The summed E-state index contributed by atoms with van der Waals surface area (Å²) in [5, 5.41) is 29.0. The molecule has 1 heterocycles. The number of carbonyl (C=O) groups excluding carboxylic acids is 1. The summed E-state index contributed by atoms with van der Waals surface area (Å²) in [6.07, 6.45) is 0. The molecule has 0 atom stereocenters. The van der Waals surface area contributed by atoms with Crippen LogP contribution in [0.1, 0.15) is 27.0 Å². The van der Waals surface area contributed by atoms with E-state index in [4.69, 9.17) is 0 Å². The zero-order valence-corrected chi connectivity index (χ0v) is 14.7. The number of aliphatic carboxylic acids is 1. The van der Waals surface area contributed by atoms with E-state index in [2.05, 4.69) is 0 Å². The number of carbonyl (C=O) groups is 2. The van der Waals surface area contributed by atoms with Crippen LogP contribution in [0.3, 0.4) is 0 Å². The minimum absolute atomic E-state index is 0.0620. The lowest BCUT2D eigenvalue weighted by molar-refractivity contribution is -0.138. The molecule has 0 aliphatic carbocycles. The third-order valence-electron chi connectivity index (χ3n) is 5.06. The van der Waals surface area contributed by atoms with Gasteiger partial charge in [0, 0.05) is 5.56 Å². The maximum Gasteiger partial charge on any atom is 0.323 e. The van der Waals surface area contributed by atoms with Gasteiger partial charge in [0.1, 0.15) is 23.6 Å². The molecule has 1 aliphatic rings. The van der Waals surface area contributed by atoms with Crippen molar-refractivity contribution < 1.29 is 24.9 Å². The molecule has 4 rings (SSSR count). The Kier molecular flexibility index (Phi) is 4.04. The molecule has 6 nitrogen and oxygen atoms in total. The second kappa shape index (κ2) is 6.42. The number of benzene rings is 3. The summed E-state index contributed by atoms with van der Waals surface area (Å²) in [4.78, 5) is 26.1. The van der Waals surface area contributed by atoms with Crippen molar-refractivity contribution in [2.75, 3.05) is 6.54 Å². The molecule has 0 saturated carbocycles. The molecule has 1 aliphatic heterocycles. The van der Waals surface area contributed by atoms with E-state index in [1.54, 1.807) is 48.5 Å². The minimum atomic E-state index is -1.20. The molecule has 0 radical (unpaired) electrons. The van der Waals surface area contributed by atoms with Crippen LogP contribution in [0.15, 0.2) is 72.8 Å². The van der Waals surface area contributed by atoms with Crippen molar-refractivity contribution in [3.8, 4) is 11.5 Å². The number of phenols is 2. The van der Waals surface area contributed by atoms with Gasteiger partial charge in [0.15, 0.2) is 0 Å². The fourth-order valence-electron chi connectivity index (χ4n) is 3.95. The average molecular weight is 375 g/mol. The highest BCUT2D eigenvalue weighted by Gasteiger charge is 2.52. The Morgan fingerprint density at radius 1 is 0.821 bits per heavy atom. The minimum Gasteiger partial charge on any atom is -0.508 e. The van der Waals surface area contributed by atoms with E-state index in [9.17, 15) is 24.9 Å². The lowest BCUT2D eigenvalue weighted by atomic mass is 9.77. The first-order chi connectivity index (χ1) is 13.4. The van der Waals surface area contributed by atoms with Gasteiger partial charge in [0.2, 0.25) is 0 Å². The van der Waals surface area contributed by atoms with Gasteiger partial charge in [0.05, 0.1) is 0 Å². The molecule has 140 valence electrons. The SMILES string of the molecule is O=C(O)CN1C(=O)c2ccccc2C1(c1ccc(O)cc1)c1ccc(O)cc1. The Morgan fingerprint density at radius 3 is 1.82 bits per heavy atom. The van der Waals surface area contributed by atoms with Crippen molar-refractivity contribution in [1.82, 2.24) is 4.90 Å². The first kappa shape index (κ1) is 17.6. The van der Waals surface area contributed by atoms with Gasteiger partial charge in [-0.3, -0.25) is 9.59 Å². The third-order valence-corrected chi connectivity index (χ3v) is 5.06. The molecule has 3 aromatic rings. The lowest BCUT2D eigenvalue weighted by Gasteiger charge is -2.39. The van der Waals surface area contributed by atoms with E-state index in [0.29, 0.717) is 22.3 Å². The third kappa shape index (κ3) is 2.50. The second-order valence-corrected chi connectivity index (χ2v) is 6.63. The van der Waals surface area contributed by atoms with Crippen LogP contribution in [0.4, 0.5) is 0 Å². The fraction of sp³-hybridized carbons (Fsp3) is 0.0909. The summed E-state index contributed by atoms with van der Waals surface area (Å²) < 4.78 is 0. The Hall–Kier alpha value is -3.80. The molecule has 6 heteroatoms. The summed E-state index contributed by atoms with van der Waals surface area (Å²) in [6.45, 7) is -0.505. The van der Waals surface area contributed by atoms with Crippen LogP contribution in [-0.2, 0) is 10.3 Å². The van der Waals surface area contributed by atoms with Gasteiger partial charge in [-0.15, -0.1) is 0 Å². The van der Waals surface area contributed by atoms with E-state index in [-0.39, 0.29) is 17.4 Å².